The predicted molar refractivity (Wildman–Crippen MR) is 135 cm³/mol. The summed E-state index contributed by atoms with van der Waals surface area (Å²) in [6, 6.07) is 39.3. The number of rotatable bonds is 10. The number of hydrogen-bond acceptors (Lipinski definition) is 4. The lowest BCUT2D eigenvalue weighted by atomic mass is 9.76. The van der Waals surface area contributed by atoms with E-state index in [1.54, 1.807) is 0 Å². The Labute approximate surface area is 201 Å². The molecule has 34 heavy (non-hydrogen) atoms. The predicted octanol–water partition coefficient (Wildman–Crippen LogP) is 5.58. The Kier molecular flexibility index (Phi) is 7.74. The van der Waals surface area contributed by atoms with Gasteiger partial charge in [-0.05, 0) is 35.7 Å². The van der Waals surface area contributed by atoms with Gasteiger partial charge in [-0.2, -0.15) is 0 Å². The second-order valence-electron chi connectivity index (χ2n) is 7.92. The van der Waals surface area contributed by atoms with E-state index in [0.29, 0.717) is 5.75 Å². The van der Waals surface area contributed by atoms with Crippen LogP contribution < -0.4 is 10.1 Å². The van der Waals surface area contributed by atoms with Crippen molar-refractivity contribution >= 4 is 5.97 Å². The average Bonchev–Trinajstić information content (AvgIpc) is 2.91. The molecule has 0 saturated carbocycles. The quantitative estimate of drug-likeness (QED) is 0.253. The van der Waals surface area contributed by atoms with Gasteiger partial charge in [0.25, 0.3) is 0 Å². The van der Waals surface area contributed by atoms with Crippen LogP contribution >= 0.6 is 0 Å². The number of ether oxygens (including phenoxy) is 2. The van der Waals surface area contributed by atoms with Crippen LogP contribution in [0.2, 0.25) is 0 Å². The normalized spacial score (nSPS) is 12.0. The maximum absolute atomic E-state index is 13.2. The highest BCUT2D eigenvalue weighted by molar-refractivity contribution is 5.76. The first-order valence-electron chi connectivity index (χ1n) is 11.5. The zero-order valence-corrected chi connectivity index (χ0v) is 19.3. The largest absolute Gasteiger partial charge is 0.491 e. The monoisotopic (exact) mass is 451 g/mol. The van der Waals surface area contributed by atoms with E-state index in [1.807, 2.05) is 91.9 Å². The van der Waals surface area contributed by atoms with Gasteiger partial charge in [0.05, 0.1) is 12.1 Å². The topological polar surface area (TPSA) is 47.6 Å². The summed E-state index contributed by atoms with van der Waals surface area (Å²) in [5.41, 5.74) is 2.24. The SMILES string of the molecule is CCOC(=O)[C@@H](COc1ccccc1)NC(c1ccccc1)(c1ccccc1)c1ccccc1. The molecule has 0 aliphatic carbocycles. The zero-order chi connectivity index (χ0) is 23.6. The number of carbonyl (C=O) groups excluding carboxylic acids is 1. The maximum atomic E-state index is 13.2. The van der Waals surface area contributed by atoms with Gasteiger partial charge < -0.3 is 9.47 Å². The van der Waals surface area contributed by atoms with Gasteiger partial charge in [-0.1, -0.05) is 109 Å². The molecule has 0 fully saturated rings. The third kappa shape index (κ3) is 5.19. The standard InChI is InChI=1S/C30H29NO3/c1-2-33-29(32)28(23-34-27-21-13-6-14-22-27)31-30(24-15-7-3-8-16-24,25-17-9-4-10-18-25)26-19-11-5-12-20-26/h3-22,28,31H,2,23H2,1H3/t28-/m1/s1. The Morgan fingerprint density at radius 1 is 0.706 bits per heavy atom. The van der Waals surface area contributed by atoms with Crippen molar-refractivity contribution in [2.24, 2.45) is 0 Å². The fourth-order valence-corrected chi connectivity index (χ4v) is 4.18. The molecule has 1 atom stereocenters. The summed E-state index contributed by atoms with van der Waals surface area (Å²) >= 11 is 0. The molecule has 4 heteroatoms. The first kappa shape index (κ1) is 23.3. The van der Waals surface area contributed by atoms with Gasteiger partial charge in [-0.25, -0.2) is 0 Å². The van der Waals surface area contributed by atoms with E-state index in [9.17, 15) is 4.79 Å². The van der Waals surface area contributed by atoms with Gasteiger partial charge in [0.2, 0.25) is 0 Å². The van der Waals surface area contributed by atoms with Crippen molar-refractivity contribution in [1.29, 1.82) is 0 Å². The number of nitrogens with one attached hydrogen (secondary N) is 1. The molecule has 172 valence electrons. The summed E-state index contributed by atoms with van der Waals surface area (Å²) < 4.78 is 11.5. The maximum Gasteiger partial charge on any atom is 0.326 e. The van der Waals surface area contributed by atoms with Crippen LogP contribution in [0.3, 0.4) is 0 Å². The van der Waals surface area contributed by atoms with E-state index in [1.165, 1.54) is 0 Å². The molecule has 0 unspecified atom stereocenters. The fourth-order valence-electron chi connectivity index (χ4n) is 4.18. The second-order valence-corrected chi connectivity index (χ2v) is 7.92. The van der Waals surface area contributed by atoms with Crippen molar-refractivity contribution in [3.05, 3.63) is 138 Å². The van der Waals surface area contributed by atoms with Crippen molar-refractivity contribution in [3.8, 4) is 5.75 Å². The number of benzene rings is 4. The van der Waals surface area contributed by atoms with E-state index < -0.39 is 11.6 Å². The Balaban J connectivity index is 1.83. The summed E-state index contributed by atoms with van der Waals surface area (Å²) in [7, 11) is 0. The third-order valence-corrected chi connectivity index (χ3v) is 5.74. The van der Waals surface area contributed by atoms with E-state index in [-0.39, 0.29) is 19.2 Å². The number of para-hydroxylation sites is 1. The molecule has 4 aromatic rings. The second kappa shape index (κ2) is 11.3. The fraction of sp³-hybridized carbons (Fsp3) is 0.167. The first-order chi connectivity index (χ1) is 16.7. The molecule has 0 aromatic heterocycles. The molecular formula is C30H29NO3. The summed E-state index contributed by atoms with van der Waals surface area (Å²) in [4.78, 5) is 13.2. The van der Waals surface area contributed by atoms with Crippen molar-refractivity contribution in [3.63, 3.8) is 0 Å². The van der Waals surface area contributed by atoms with E-state index >= 15 is 0 Å². The molecule has 0 saturated heterocycles. The molecule has 0 spiro atoms. The smallest absolute Gasteiger partial charge is 0.326 e. The van der Waals surface area contributed by atoms with E-state index in [2.05, 4.69) is 41.7 Å². The van der Waals surface area contributed by atoms with Crippen molar-refractivity contribution in [2.45, 2.75) is 18.5 Å². The number of hydrogen-bond donors (Lipinski definition) is 1. The van der Waals surface area contributed by atoms with Gasteiger partial charge in [0.15, 0.2) is 0 Å². The highest BCUT2D eigenvalue weighted by atomic mass is 16.5. The molecule has 4 nitrogen and oxygen atoms in total. The summed E-state index contributed by atoms with van der Waals surface area (Å²) in [5.74, 6) is 0.342. The van der Waals surface area contributed by atoms with Crippen molar-refractivity contribution < 1.29 is 14.3 Å². The van der Waals surface area contributed by atoms with E-state index in [0.717, 1.165) is 16.7 Å². The minimum absolute atomic E-state index is 0.122. The molecule has 4 rings (SSSR count). The highest BCUT2D eigenvalue weighted by Gasteiger charge is 2.40. The number of carbonyl (C=O) groups is 1. The van der Waals surface area contributed by atoms with Gasteiger partial charge >= 0.3 is 5.97 Å². The van der Waals surface area contributed by atoms with Crippen LogP contribution in [0.5, 0.6) is 5.75 Å². The van der Waals surface area contributed by atoms with Crippen molar-refractivity contribution in [2.75, 3.05) is 13.2 Å². The van der Waals surface area contributed by atoms with Crippen LogP contribution in [0, 0.1) is 0 Å². The lowest BCUT2D eigenvalue weighted by molar-refractivity contribution is -0.146. The molecule has 0 amide bonds. The van der Waals surface area contributed by atoms with Crippen molar-refractivity contribution in [1.82, 2.24) is 5.32 Å². The van der Waals surface area contributed by atoms with Gasteiger partial charge in [0, 0.05) is 0 Å². The molecular weight excluding hydrogens is 422 g/mol. The lowest BCUT2D eigenvalue weighted by Crippen LogP contribution is -2.55. The van der Waals surface area contributed by atoms with Gasteiger partial charge in [0.1, 0.15) is 18.4 Å². The molecule has 4 aromatic carbocycles. The van der Waals surface area contributed by atoms with Crippen LogP contribution in [0.25, 0.3) is 0 Å². The van der Waals surface area contributed by atoms with Crippen LogP contribution in [-0.4, -0.2) is 25.2 Å². The first-order valence-corrected chi connectivity index (χ1v) is 11.5. The van der Waals surface area contributed by atoms with Gasteiger partial charge in [-0.3, -0.25) is 10.1 Å². The van der Waals surface area contributed by atoms with Crippen LogP contribution in [-0.2, 0) is 15.1 Å². The Morgan fingerprint density at radius 3 is 1.53 bits per heavy atom. The zero-order valence-electron chi connectivity index (χ0n) is 19.3. The molecule has 0 heterocycles. The summed E-state index contributed by atoms with van der Waals surface area (Å²) in [6.07, 6.45) is 0. The molecule has 0 radical (unpaired) electrons. The Morgan fingerprint density at radius 2 is 1.12 bits per heavy atom. The van der Waals surface area contributed by atoms with Crippen LogP contribution in [0.15, 0.2) is 121 Å². The Bertz CT molecular complexity index is 1050. The average molecular weight is 452 g/mol. The van der Waals surface area contributed by atoms with Gasteiger partial charge in [-0.15, -0.1) is 0 Å². The Hall–Kier alpha value is -3.89. The number of esters is 1. The minimum atomic E-state index is -0.804. The summed E-state index contributed by atoms with van der Waals surface area (Å²) in [6.45, 7) is 2.22. The lowest BCUT2D eigenvalue weighted by Gasteiger charge is -2.39. The highest BCUT2D eigenvalue weighted by Crippen LogP contribution is 2.37. The van der Waals surface area contributed by atoms with E-state index in [4.69, 9.17) is 9.47 Å². The molecule has 0 aliphatic rings. The van der Waals surface area contributed by atoms with Crippen LogP contribution in [0.4, 0.5) is 0 Å². The third-order valence-electron chi connectivity index (χ3n) is 5.74. The molecule has 0 aliphatic heterocycles. The molecule has 1 N–H and O–H groups in total. The molecule has 0 bridgehead atoms. The van der Waals surface area contributed by atoms with Crippen LogP contribution in [0.1, 0.15) is 23.6 Å². The summed E-state index contributed by atoms with van der Waals surface area (Å²) in [5, 5.41) is 3.67. The minimum Gasteiger partial charge on any atom is -0.491 e.